The van der Waals surface area contributed by atoms with Gasteiger partial charge in [-0.25, -0.2) is 4.79 Å². The first kappa shape index (κ1) is 12.4. The summed E-state index contributed by atoms with van der Waals surface area (Å²) in [5.41, 5.74) is 3.92. The minimum Gasteiger partial charge on any atom is -0.480 e. The molecule has 0 bridgehead atoms. The molecule has 4 N–H and O–H groups in total. The highest BCUT2D eigenvalue weighted by molar-refractivity contribution is 5.94. The zero-order chi connectivity index (χ0) is 12.5. The van der Waals surface area contributed by atoms with Gasteiger partial charge in [-0.2, -0.15) is 0 Å². The molecule has 0 saturated heterocycles. The van der Waals surface area contributed by atoms with E-state index in [4.69, 9.17) is 5.73 Å². The van der Waals surface area contributed by atoms with Crippen LogP contribution in [0.5, 0.6) is 0 Å². The number of rotatable bonds is 3. The molecule has 0 aliphatic heterocycles. The molecule has 0 heterocycles. The predicted octanol–water partition coefficient (Wildman–Crippen LogP) is 0.771. The Morgan fingerprint density at radius 1 is 1.00 bits per heavy atom. The minimum atomic E-state index is -1.08. The van der Waals surface area contributed by atoms with E-state index in [0.717, 1.165) is 25.7 Å². The smallest absolute Gasteiger partial charge is 0.329 e. The fourth-order valence-corrected chi connectivity index (χ4v) is 2.43. The molecule has 2 aliphatic carbocycles. The van der Waals surface area contributed by atoms with E-state index in [9.17, 15) is 14.7 Å². The average molecular weight is 240 g/mol. The first-order valence-electron chi connectivity index (χ1n) is 6.33. The normalized spacial score (nSPS) is 25.7. The molecule has 2 aliphatic rings. The van der Waals surface area contributed by atoms with Gasteiger partial charge < -0.3 is 16.2 Å². The number of carbonyl (C=O) groups excluding carboxylic acids is 1. The van der Waals surface area contributed by atoms with Crippen LogP contribution in [0.4, 0.5) is 0 Å². The number of hydrogen-bond acceptors (Lipinski definition) is 3. The van der Waals surface area contributed by atoms with Gasteiger partial charge in [0.25, 0.3) is 0 Å². The Labute approximate surface area is 101 Å². The van der Waals surface area contributed by atoms with Crippen molar-refractivity contribution in [3.05, 3.63) is 0 Å². The molecule has 5 nitrogen and oxygen atoms in total. The van der Waals surface area contributed by atoms with Crippen molar-refractivity contribution in [3.63, 3.8) is 0 Å². The molecule has 5 heteroatoms. The third-order valence-corrected chi connectivity index (χ3v) is 3.96. The van der Waals surface area contributed by atoms with Crippen LogP contribution in [0.1, 0.15) is 51.4 Å². The summed E-state index contributed by atoms with van der Waals surface area (Å²) in [5.74, 6) is -1.21. The molecular weight excluding hydrogens is 220 g/mol. The van der Waals surface area contributed by atoms with Crippen LogP contribution in [0.2, 0.25) is 0 Å². The van der Waals surface area contributed by atoms with Gasteiger partial charge in [-0.05, 0) is 25.7 Å². The number of carboxylic acid groups (broad SMARTS) is 1. The first-order chi connectivity index (χ1) is 7.99. The second kappa shape index (κ2) is 4.29. The minimum absolute atomic E-state index is 0.290. The van der Waals surface area contributed by atoms with Crippen molar-refractivity contribution in [1.29, 1.82) is 0 Å². The zero-order valence-electron chi connectivity index (χ0n) is 10.00. The van der Waals surface area contributed by atoms with Gasteiger partial charge >= 0.3 is 5.97 Å². The Morgan fingerprint density at radius 3 is 1.94 bits per heavy atom. The highest BCUT2D eigenvalue weighted by Crippen LogP contribution is 2.34. The maximum Gasteiger partial charge on any atom is 0.329 e. The van der Waals surface area contributed by atoms with E-state index in [-0.39, 0.29) is 5.91 Å². The molecule has 0 spiro atoms. The molecule has 96 valence electrons. The quantitative estimate of drug-likeness (QED) is 0.635. The second-order valence-electron chi connectivity index (χ2n) is 5.41. The van der Waals surface area contributed by atoms with E-state index in [1.54, 1.807) is 0 Å². The molecule has 1 amide bonds. The molecule has 0 aromatic rings. The lowest BCUT2D eigenvalue weighted by atomic mass is 9.89. The van der Waals surface area contributed by atoms with Crippen LogP contribution in [0.3, 0.4) is 0 Å². The highest BCUT2D eigenvalue weighted by atomic mass is 16.4. The maximum atomic E-state index is 11.9. The van der Waals surface area contributed by atoms with Crippen molar-refractivity contribution in [3.8, 4) is 0 Å². The van der Waals surface area contributed by atoms with Gasteiger partial charge in [-0.15, -0.1) is 0 Å². The van der Waals surface area contributed by atoms with Crippen molar-refractivity contribution in [2.75, 3.05) is 0 Å². The van der Waals surface area contributed by atoms with Crippen LogP contribution >= 0.6 is 0 Å². The summed E-state index contributed by atoms with van der Waals surface area (Å²) in [6, 6.07) is 0. The van der Waals surface area contributed by atoms with Gasteiger partial charge in [0.15, 0.2) is 0 Å². The van der Waals surface area contributed by atoms with Crippen molar-refractivity contribution < 1.29 is 14.7 Å². The lowest BCUT2D eigenvalue weighted by Crippen LogP contribution is -2.58. The van der Waals surface area contributed by atoms with Crippen molar-refractivity contribution in [2.24, 2.45) is 5.73 Å². The summed E-state index contributed by atoms with van der Waals surface area (Å²) < 4.78 is 0. The van der Waals surface area contributed by atoms with Gasteiger partial charge in [0.05, 0.1) is 5.54 Å². The average Bonchev–Trinajstić information content (AvgIpc) is 3.04. The zero-order valence-corrected chi connectivity index (χ0v) is 10.00. The third kappa shape index (κ3) is 2.44. The number of aliphatic carboxylic acids is 1. The number of amides is 1. The standard InChI is InChI=1S/C12H20N2O3/c13-11(7-8-11)9(15)14-12(10(16)17)5-3-1-2-4-6-12/h1-8,13H2,(H,14,15)(H,16,17). The molecule has 2 fully saturated rings. The first-order valence-corrected chi connectivity index (χ1v) is 6.33. The number of carbonyl (C=O) groups is 2. The van der Waals surface area contributed by atoms with E-state index in [1.807, 2.05) is 0 Å². The Bertz CT molecular complexity index is 329. The molecule has 2 saturated carbocycles. The maximum absolute atomic E-state index is 11.9. The third-order valence-electron chi connectivity index (χ3n) is 3.96. The summed E-state index contributed by atoms with van der Waals surface area (Å²) in [6.45, 7) is 0. The van der Waals surface area contributed by atoms with Crippen LogP contribution in [-0.4, -0.2) is 28.1 Å². The van der Waals surface area contributed by atoms with Crippen molar-refractivity contribution >= 4 is 11.9 Å². The largest absolute Gasteiger partial charge is 0.480 e. The Balaban J connectivity index is 2.10. The summed E-state index contributed by atoms with van der Waals surface area (Å²) in [4.78, 5) is 23.4. The SMILES string of the molecule is NC1(C(=O)NC2(C(=O)O)CCCCCC2)CC1. The van der Waals surface area contributed by atoms with E-state index >= 15 is 0 Å². The Morgan fingerprint density at radius 2 is 1.53 bits per heavy atom. The lowest BCUT2D eigenvalue weighted by Gasteiger charge is -2.30. The van der Waals surface area contributed by atoms with Gasteiger partial charge in [0.2, 0.25) is 5.91 Å². The number of carboxylic acids is 1. The van der Waals surface area contributed by atoms with Crippen LogP contribution < -0.4 is 11.1 Å². The molecule has 2 rings (SSSR count). The van der Waals surface area contributed by atoms with Crippen LogP contribution in [-0.2, 0) is 9.59 Å². The summed E-state index contributed by atoms with van der Waals surface area (Å²) in [6.07, 6.45) is 6.14. The second-order valence-corrected chi connectivity index (χ2v) is 5.41. The summed E-state index contributed by atoms with van der Waals surface area (Å²) in [7, 11) is 0. The molecule has 0 aromatic heterocycles. The topological polar surface area (TPSA) is 92.4 Å². The predicted molar refractivity (Wildman–Crippen MR) is 62.4 cm³/mol. The molecule has 0 aromatic carbocycles. The van der Waals surface area contributed by atoms with E-state index in [1.165, 1.54) is 0 Å². The molecule has 0 radical (unpaired) electrons. The van der Waals surface area contributed by atoms with Crippen molar-refractivity contribution in [1.82, 2.24) is 5.32 Å². The van der Waals surface area contributed by atoms with Gasteiger partial charge in [0.1, 0.15) is 5.54 Å². The van der Waals surface area contributed by atoms with E-state index < -0.39 is 17.0 Å². The van der Waals surface area contributed by atoms with Crippen LogP contribution in [0.25, 0.3) is 0 Å². The number of hydrogen-bond donors (Lipinski definition) is 3. The van der Waals surface area contributed by atoms with Crippen molar-refractivity contribution in [2.45, 2.75) is 62.4 Å². The molecule has 17 heavy (non-hydrogen) atoms. The fraction of sp³-hybridized carbons (Fsp3) is 0.833. The van der Waals surface area contributed by atoms with Gasteiger partial charge in [-0.1, -0.05) is 25.7 Å². The highest BCUT2D eigenvalue weighted by Gasteiger charge is 2.50. The molecule has 0 unspecified atom stereocenters. The van der Waals surface area contributed by atoms with Gasteiger partial charge in [0, 0.05) is 0 Å². The summed E-state index contributed by atoms with van der Waals surface area (Å²) >= 11 is 0. The number of nitrogens with one attached hydrogen (secondary N) is 1. The lowest BCUT2D eigenvalue weighted by molar-refractivity contribution is -0.148. The van der Waals surface area contributed by atoms with E-state index in [2.05, 4.69) is 5.32 Å². The monoisotopic (exact) mass is 240 g/mol. The Kier molecular flexibility index (Phi) is 3.12. The fourth-order valence-electron chi connectivity index (χ4n) is 2.43. The summed E-state index contributed by atoms with van der Waals surface area (Å²) in [5, 5.41) is 12.1. The molecule has 0 atom stereocenters. The van der Waals surface area contributed by atoms with E-state index in [0.29, 0.717) is 25.7 Å². The Hall–Kier alpha value is -1.10. The van der Waals surface area contributed by atoms with Gasteiger partial charge in [-0.3, -0.25) is 4.79 Å². The molecular formula is C12H20N2O3. The number of nitrogens with two attached hydrogens (primary N) is 1. The van der Waals surface area contributed by atoms with Crippen LogP contribution in [0, 0.1) is 0 Å². The van der Waals surface area contributed by atoms with Crippen LogP contribution in [0.15, 0.2) is 0 Å².